The maximum absolute atomic E-state index is 12.6. The molecular formula is C21H26N2O3. The summed E-state index contributed by atoms with van der Waals surface area (Å²) in [6, 6.07) is 14.2. The van der Waals surface area contributed by atoms with E-state index < -0.39 is 0 Å². The number of nitrogens with one attached hydrogen (secondary N) is 1. The molecule has 0 bridgehead atoms. The molecule has 2 aromatic rings. The van der Waals surface area contributed by atoms with Crippen LogP contribution in [-0.2, 0) is 11.2 Å². The third-order valence-corrected chi connectivity index (χ3v) is 4.94. The van der Waals surface area contributed by atoms with Gasteiger partial charge >= 0.3 is 0 Å². The summed E-state index contributed by atoms with van der Waals surface area (Å²) in [6.45, 7) is 0.319. The van der Waals surface area contributed by atoms with Crippen molar-refractivity contribution < 1.29 is 14.3 Å². The summed E-state index contributed by atoms with van der Waals surface area (Å²) >= 11 is 0. The Labute approximate surface area is 154 Å². The van der Waals surface area contributed by atoms with Gasteiger partial charge in [0, 0.05) is 12.1 Å². The van der Waals surface area contributed by atoms with Crippen LogP contribution in [0.3, 0.4) is 0 Å². The maximum Gasteiger partial charge on any atom is 0.238 e. The number of rotatable bonds is 6. The predicted molar refractivity (Wildman–Crippen MR) is 103 cm³/mol. The highest BCUT2D eigenvalue weighted by molar-refractivity contribution is 5.94. The van der Waals surface area contributed by atoms with Crippen molar-refractivity contribution >= 4 is 11.6 Å². The Morgan fingerprint density at radius 3 is 2.77 bits per heavy atom. The zero-order valence-electron chi connectivity index (χ0n) is 15.6. The van der Waals surface area contributed by atoms with Crippen molar-refractivity contribution in [3.8, 4) is 11.5 Å². The lowest BCUT2D eigenvalue weighted by Crippen LogP contribution is -2.35. The summed E-state index contributed by atoms with van der Waals surface area (Å²) in [6.07, 6.45) is 3.34. The Hall–Kier alpha value is -2.53. The van der Waals surface area contributed by atoms with E-state index in [9.17, 15) is 4.79 Å². The van der Waals surface area contributed by atoms with Crippen LogP contribution in [0.1, 0.15) is 30.0 Å². The largest absolute Gasteiger partial charge is 0.497 e. The highest BCUT2D eigenvalue weighted by Gasteiger charge is 2.24. The topological polar surface area (TPSA) is 50.8 Å². The second-order valence-corrected chi connectivity index (χ2v) is 6.64. The van der Waals surface area contributed by atoms with Gasteiger partial charge in [-0.2, -0.15) is 0 Å². The van der Waals surface area contributed by atoms with E-state index in [4.69, 9.17) is 9.47 Å². The normalized spacial score (nSPS) is 16.1. The van der Waals surface area contributed by atoms with E-state index in [0.717, 1.165) is 19.3 Å². The number of anilines is 1. The van der Waals surface area contributed by atoms with E-state index in [-0.39, 0.29) is 11.9 Å². The standard InChI is InChI=1S/C21H26N2O3/c1-23(19-10-6-8-15-7-4-5-9-17(15)19)14-21(24)22-18-13-16(25-2)11-12-20(18)26-3/h4-5,7,9,11-13,19H,6,8,10,14H2,1-3H3,(H,22,24)/t19-/m1/s1. The minimum atomic E-state index is -0.0675. The molecule has 0 aliphatic heterocycles. The Balaban J connectivity index is 1.69. The van der Waals surface area contributed by atoms with Crippen LogP contribution in [0.25, 0.3) is 0 Å². The van der Waals surface area contributed by atoms with Gasteiger partial charge in [0.2, 0.25) is 5.91 Å². The molecule has 1 aliphatic carbocycles. The van der Waals surface area contributed by atoms with Gasteiger partial charge in [0.15, 0.2) is 0 Å². The first-order valence-electron chi connectivity index (χ1n) is 8.92. The third kappa shape index (κ3) is 3.99. The number of likely N-dealkylation sites (N-methyl/N-ethyl adjacent to an activating group) is 1. The van der Waals surface area contributed by atoms with Gasteiger partial charge in [-0.25, -0.2) is 0 Å². The van der Waals surface area contributed by atoms with Gasteiger partial charge in [0.1, 0.15) is 11.5 Å². The molecule has 2 aromatic carbocycles. The highest BCUT2D eigenvalue weighted by atomic mass is 16.5. The summed E-state index contributed by atoms with van der Waals surface area (Å²) in [7, 11) is 5.19. The van der Waals surface area contributed by atoms with E-state index in [0.29, 0.717) is 23.7 Å². The van der Waals surface area contributed by atoms with Crippen molar-refractivity contribution in [2.24, 2.45) is 0 Å². The fourth-order valence-corrected chi connectivity index (χ4v) is 3.62. The van der Waals surface area contributed by atoms with Gasteiger partial charge in [-0.15, -0.1) is 0 Å². The maximum atomic E-state index is 12.6. The number of methoxy groups -OCH3 is 2. The molecule has 0 heterocycles. The van der Waals surface area contributed by atoms with E-state index in [1.807, 2.05) is 7.05 Å². The first-order valence-corrected chi connectivity index (χ1v) is 8.92. The number of amides is 1. The van der Waals surface area contributed by atoms with Gasteiger partial charge in [-0.3, -0.25) is 9.69 Å². The first kappa shape index (κ1) is 18.3. The Morgan fingerprint density at radius 2 is 2.00 bits per heavy atom. The number of hydrogen-bond donors (Lipinski definition) is 1. The lowest BCUT2D eigenvalue weighted by Gasteiger charge is -2.32. The van der Waals surface area contributed by atoms with E-state index >= 15 is 0 Å². The number of ether oxygens (including phenoxy) is 2. The minimum Gasteiger partial charge on any atom is -0.497 e. The van der Waals surface area contributed by atoms with Crippen molar-refractivity contribution in [2.45, 2.75) is 25.3 Å². The molecule has 26 heavy (non-hydrogen) atoms. The van der Waals surface area contributed by atoms with Crippen molar-refractivity contribution in [1.29, 1.82) is 0 Å². The zero-order chi connectivity index (χ0) is 18.5. The lowest BCUT2D eigenvalue weighted by molar-refractivity contribution is -0.117. The number of nitrogens with zero attached hydrogens (tertiary/aromatic N) is 1. The molecular weight excluding hydrogens is 328 g/mol. The molecule has 3 rings (SSSR count). The monoisotopic (exact) mass is 354 g/mol. The van der Waals surface area contributed by atoms with E-state index in [2.05, 4.69) is 34.5 Å². The quantitative estimate of drug-likeness (QED) is 0.860. The van der Waals surface area contributed by atoms with Gasteiger partial charge in [-0.1, -0.05) is 24.3 Å². The summed E-state index contributed by atoms with van der Waals surface area (Å²) in [5.41, 5.74) is 3.35. The van der Waals surface area contributed by atoms with Gasteiger partial charge in [0.05, 0.1) is 26.5 Å². The van der Waals surface area contributed by atoms with E-state index in [1.165, 1.54) is 11.1 Å². The van der Waals surface area contributed by atoms with Crippen LogP contribution in [0.2, 0.25) is 0 Å². The third-order valence-electron chi connectivity index (χ3n) is 4.94. The number of carbonyl (C=O) groups is 1. The Kier molecular flexibility index (Phi) is 5.78. The van der Waals surface area contributed by atoms with Gasteiger partial charge < -0.3 is 14.8 Å². The number of aryl methyl sites for hydroxylation is 1. The molecule has 5 nitrogen and oxygen atoms in total. The van der Waals surface area contributed by atoms with Crippen molar-refractivity contribution in [3.63, 3.8) is 0 Å². The van der Waals surface area contributed by atoms with Crippen LogP contribution in [0.5, 0.6) is 11.5 Å². The predicted octanol–water partition coefficient (Wildman–Crippen LogP) is 3.65. The van der Waals surface area contributed by atoms with Crippen LogP contribution in [0.4, 0.5) is 5.69 Å². The van der Waals surface area contributed by atoms with Crippen LogP contribution in [-0.4, -0.2) is 38.6 Å². The Morgan fingerprint density at radius 1 is 1.19 bits per heavy atom. The molecule has 0 spiro atoms. The summed E-state index contributed by atoms with van der Waals surface area (Å²) in [5, 5.41) is 2.94. The average molecular weight is 354 g/mol. The van der Waals surface area contributed by atoms with Gasteiger partial charge in [0.25, 0.3) is 0 Å². The molecule has 1 N–H and O–H groups in total. The number of hydrogen-bond acceptors (Lipinski definition) is 4. The average Bonchev–Trinajstić information content (AvgIpc) is 2.67. The van der Waals surface area contributed by atoms with Crippen molar-refractivity contribution in [2.75, 3.05) is 33.1 Å². The number of benzene rings is 2. The second-order valence-electron chi connectivity index (χ2n) is 6.64. The SMILES string of the molecule is COc1ccc(OC)c(NC(=O)CN(C)[C@@H]2CCCc3ccccc32)c1. The number of carbonyl (C=O) groups excluding carboxylic acids is 1. The molecule has 0 fully saturated rings. The fraction of sp³-hybridized carbons (Fsp3) is 0.381. The molecule has 1 aliphatic rings. The number of fused-ring (bicyclic) bond motifs is 1. The summed E-state index contributed by atoms with van der Waals surface area (Å²) in [4.78, 5) is 14.7. The van der Waals surface area contributed by atoms with Crippen LogP contribution >= 0.6 is 0 Å². The van der Waals surface area contributed by atoms with Crippen molar-refractivity contribution in [1.82, 2.24) is 4.90 Å². The van der Waals surface area contributed by atoms with Crippen LogP contribution in [0, 0.1) is 0 Å². The molecule has 0 aromatic heterocycles. The lowest BCUT2D eigenvalue weighted by atomic mass is 9.87. The van der Waals surface area contributed by atoms with Crippen molar-refractivity contribution in [3.05, 3.63) is 53.6 Å². The van der Waals surface area contributed by atoms with E-state index in [1.54, 1.807) is 32.4 Å². The summed E-state index contributed by atoms with van der Waals surface area (Å²) in [5.74, 6) is 1.22. The molecule has 0 saturated heterocycles. The molecule has 1 atom stereocenters. The molecule has 138 valence electrons. The first-order chi connectivity index (χ1) is 12.6. The molecule has 0 radical (unpaired) electrons. The smallest absolute Gasteiger partial charge is 0.238 e. The summed E-state index contributed by atoms with van der Waals surface area (Å²) < 4.78 is 10.6. The zero-order valence-corrected chi connectivity index (χ0v) is 15.6. The van der Waals surface area contributed by atoms with Crippen LogP contribution < -0.4 is 14.8 Å². The minimum absolute atomic E-state index is 0.0675. The molecule has 5 heteroatoms. The van der Waals surface area contributed by atoms with Gasteiger partial charge in [-0.05, 0) is 49.6 Å². The second kappa shape index (κ2) is 8.23. The highest BCUT2D eigenvalue weighted by Crippen LogP contribution is 2.33. The molecule has 1 amide bonds. The van der Waals surface area contributed by atoms with Crippen LogP contribution in [0.15, 0.2) is 42.5 Å². The molecule has 0 unspecified atom stereocenters. The molecule has 0 saturated carbocycles. The fourth-order valence-electron chi connectivity index (χ4n) is 3.62. The Bertz CT molecular complexity index is 776.